The van der Waals surface area contributed by atoms with E-state index in [0.717, 1.165) is 17.8 Å². The third-order valence-electron chi connectivity index (χ3n) is 3.43. The largest absolute Gasteiger partial charge is 0.392 e. The van der Waals surface area contributed by atoms with Crippen molar-refractivity contribution in [3.8, 4) is 0 Å². The van der Waals surface area contributed by atoms with Crippen molar-refractivity contribution in [1.82, 2.24) is 4.98 Å². The Morgan fingerprint density at radius 2 is 2.38 bits per heavy atom. The van der Waals surface area contributed by atoms with E-state index in [1.54, 1.807) is 6.20 Å². The molecular weight excluding hydrogens is 200 g/mol. The number of aliphatic hydroxyl groups is 1. The lowest BCUT2D eigenvalue weighted by Gasteiger charge is -2.28. The van der Waals surface area contributed by atoms with Gasteiger partial charge in [0.05, 0.1) is 6.61 Å². The summed E-state index contributed by atoms with van der Waals surface area (Å²) >= 11 is 0. The molecule has 1 unspecified atom stereocenters. The minimum Gasteiger partial charge on any atom is -0.392 e. The highest BCUT2D eigenvalue weighted by atomic mass is 16.3. The highest BCUT2D eigenvalue weighted by Gasteiger charge is 2.24. The second kappa shape index (κ2) is 4.83. The zero-order valence-electron chi connectivity index (χ0n) is 10.1. The maximum atomic E-state index is 9.36. The molecule has 0 amide bonds. The molecule has 1 aliphatic rings. The summed E-state index contributed by atoms with van der Waals surface area (Å²) in [5.41, 5.74) is 3.15. The van der Waals surface area contributed by atoms with Gasteiger partial charge in [0.25, 0.3) is 0 Å². The van der Waals surface area contributed by atoms with E-state index in [2.05, 4.69) is 22.9 Å². The summed E-state index contributed by atoms with van der Waals surface area (Å²) in [4.78, 5) is 6.68. The van der Waals surface area contributed by atoms with Crippen LogP contribution in [0.1, 0.15) is 37.4 Å². The summed E-state index contributed by atoms with van der Waals surface area (Å²) in [5, 5.41) is 9.36. The number of aliphatic hydroxyl groups excluding tert-OH is 1. The van der Waals surface area contributed by atoms with E-state index in [4.69, 9.17) is 0 Å². The minimum atomic E-state index is 0.0789. The Morgan fingerprint density at radius 3 is 3.06 bits per heavy atom. The van der Waals surface area contributed by atoms with Crippen LogP contribution in [-0.2, 0) is 6.61 Å². The smallest absolute Gasteiger partial charge is 0.0717 e. The van der Waals surface area contributed by atoms with Gasteiger partial charge in [0.2, 0.25) is 0 Å². The van der Waals surface area contributed by atoms with Gasteiger partial charge in [-0.3, -0.25) is 4.98 Å². The fourth-order valence-electron chi connectivity index (χ4n) is 2.54. The molecule has 1 N–H and O–H groups in total. The van der Waals surface area contributed by atoms with Crippen molar-refractivity contribution in [3.05, 3.63) is 23.5 Å². The summed E-state index contributed by atoms with van der Waals surface area (Å²) in [6.07, 6.45) is 5.50. The predicted molar refractivity (Wildman–Crippen MR) is 65.6 cm³/mol. The molecule has 0 bridgehead atoms. The van der Waals surface area contributed by atoms with Gasteiger partial charge in [-0.05, 0) is 32.3 Å². The average Bonchev–Trinajstić information content (AvgIpc) is 2.76. The van der Waals surface area contributed by atoms with Crippen LogP contribution in [0.3, 0.4) is 0 Å². The summed E-state index contributed by atoms with van der Waals surface area (Å²) < 4.78 is 0. The second-order valence-electron chi connectivity index (χ2n) is 4.51. The number of hydrogen-bond acceptors (Lipinski definition) is 3. The zero-order chi connectivity index (χ0) is 11.5. The van der Waals surface area contributed by atoms with Crippen LogP contribution in [0.4, 0.5) is 5.69 Å². The Bertz CT molecular complexity index is 365. The van der Waals surface area contributed by atoms with Crippen LogP contribution in [0.5, 0.6) is 0 Å². The van der Waals surface area contributed by atoms with E-state index in [1.165, 1.54) is 24.9 Å². The Kier molecular flexibility index (Phi) is 3.44. The van der Waals surface area contributed by atoms with Crippen LogP contribution in [0, 0.1) is 6.92 Å². The third-order valence-corrected chi connectivity index (χ3v) is 3.43. The molecule has 1 aromatic rings. The van der Waals surface area contributed by atoms with Gasteiger partial charge in [0.15, 0.2) is 0 Å². The monoisotopic (exact) mass is 220 g/mol. The van der Waals surface area contributed by atoms with Crippen molar-refractivity contribution in [1.29, 1.82) is 0 Å². The average molecular weight is 220 g/mol. The van der Waals surface area contributed by atoms with Gasteiger partial charge in [0.1, 0.15) is 0 Å². The number of anilines is 1. The Morgan fingerprint density at radius 1 is 1.56 bits per heavy atom. The maximum absolute atomic E-state index is 9.36. The molecule has 2 heterocycles. The van der Waals surface area contributed by atoms with Gasteiger partial charge in [0, 0.05) is 35.7 Å². The first-order valence-electron chi connectivity index (χ1n) is 6.09. The highest BCUT2D eigenvalue weighted by Crippen LogP contribution is 2.30. The summed E-state index contributed by atoms with van der Waals surface area (Å²) in [6, 6.07) is 2.73. The second-order valence-corrected chi connectivity index (χ2v) is 4.51. The number of aromatic nitrogens is 1. The molecule has 3 heteroatoms. The first kappa shape index (κ1) is 11.4. The molecule has 1 aromatic heterocycles. The van der Waals surface area contributed by atoms with E-state index in [9.17, 15) is 5.11 Å². The first-order valence-corrected chi connectivity index (χ1v) is 6.09. The van der Waals surface area contributed by atoms with Crippen molar-refractivity contribution in [2.24, 2.45) is 0 Å². The molecule has 1 atom stereocenters. The van der Waals surface area contributed by atoms with Crippen LogP contribution < -0.4 is 4.90 Å². The van der Waals surface area contributed by atoms with Crippen molar-refractivity contribution < 1.29 is 5.11 Å². The van der Waals surface area contributed by atoms with Crippen LogP contribution in [0.2, 0.25) is 0 Å². The molecule has 1 aliphatic heterocycles. The standard InChI is InChI=1S/C13H20N2O/c1-3-12-5-4-6-15(12)13-7-10(2)14-8-11(13)9-16/h7-8,12,16H,3-6,9H2,1-2H3. The van der Waals surface area contributed by atoms with Crippen molar-refractivity contribution >= 4 is 5.69 Å². The topological polar surface area (TPSA) is 36.4 Å². The van der Waals surface area contributed by atoms with Gasteiger partial charge >= 0.3 is 0 Å². The molecule has 0 aromatic carbocycles. The lowest BCUT2D eigenvalue weighted by atomic mass is 10.1. The summed E-state index contributed by atoms with van der Waals surface area (Å²) in [5.74, 6) is 0. The Balaban J connectivity index is 2.34. The van der Waals surface area contributed by atoms with Crippen molar-refractivity contribution in [2.75, 3.05) is 11.4 Å². The van der Waals surface area contributed by atoms with Gasteiger partial charge in [-0.25, -0.2) is 0 Å². The van der Waals surface area contributed by atoms with Crippen molar-refractivity contribution in [2.45, 2.75) is 45.8 Å². The van der Waals surface area contributed by atoms with Crippen LogP contribution in [0.15, 0.2) is 12.3 Å². The van der Waals surface area contributed by atoms with E-state index in [0.29, 0.717) is 6.04 Å². The van der Waals surface area contributed by atoms with E-state index >= 15 is 0 Å². The van der Waals surface area contributed by atoms with Gasteiger partial charge in [-0.15, -0.1) is 0 Å². The molecule has 0 saturated carbocycles. The van der Waals surface area contributed by atoms with Crippen LogP contribution >= 0.6 is 0 Å². The number of aryl methyl sites for hydroxylation is 1. The molecular formula is C13H20N2O. The van der Waals surface area contributed by atoms with Gasteiger partial charge < -0.3 is 10.0 Å². The Labute approximate surface area is 97.1 Å². The fourth-order valence-corrected chi connectivity index (χ4v) is 2.54. The van der Waals surface area contributed by atoms with Gasteiger partial charge in [-0.1, -0.05) is 6.92 Å². The summed E-state index contributed by atoms with van der Waals surface area (Å²) in [6.45, 7) is 5.42. The minimum absolute atomic E-state index is 0.0789. The van der Waals surface area contributed by atoms with Crippen LogP contribution in [-0.4, -0.2) is 22.7 Å². The van der Waals surface area contributed by atoms with Gasteiger partial charge in [-0.2, -0.15) is 0 Å². The lowest BCUT2D eigenvalue weighted by molar-refractivity contribution is 0.281. The predicted octanol–water partition coefficient (Wildman–Crippen LogP) is 2.26. The molecule has 3 nitrogen and oxygen atoms in total. The molecule has 0 aliphatic carbocycles. The fraction of sp³-hybridized carbons (Fsp3) is 0.615. The molecule has 0 radical (unpaired) electrons. The number of nitrogens with zero attached hydrogens (tertiary/aromatic N) is 2. The first-order chi connectivity index (χ1) is 7.76. The zero-order valence-corrected chi connectivity index (χ0v) is 10.1. The SMILES string of the molecule is CCC1CCCN1c1cc(C)ncc1CO. The molecule has 16 heavy (non-hydrogen) atoms. The van der Waals surface area contributed by atoms with Crippen molar-refractivity contribution in [3.63, 3.8) is 0 Å². The highest BCUT2D eigenvalue weighted by molar-refractivity contribution is 5.55. The normalized spacial score (nSPS) is 20.4. The maximum Gasteiger partial charge on any atom is 0.0717 e. The van der Waals surface area contributed by atoms with E-state index in [1.807, 2.05) is 6.92 Å². The van der Waals surface area contributed by atoms with E-state index in [-0.39, 0.29) is 6.61 Å². The molecule has 2 rings (SSSR count). The van der Waals surface area contributed by atoms with E-state index < -0.39 is 0 Å². The summed E-state index contributed by atoms with van der Waals surface area (Å²) in [7, 11) is 0. The number of pyridine rings is 1. The third kappa shape index (κ3) is 2.05. The molecule has 0 spiro atoms. The molecule has 88 valence electrons. The lowest BCUT2D eigenvalue weighted by Crippen LogP contribution is -2.29. The Hall–Kier alpha value is -1.09. The van der Waals surface area contributed by atoms with Crippen LogP contribution in [0.25, 0.3) is 0 Å². The number of rotatable bonds is 3. The quantitative estimate of drug-likeness (QED) is 0.849. The number of hydrogen-bond donors (Lipinski definition) is 1. The molecule has 1 saturated heterocycles. The molecule has 1 fully saturated rings.